The van der Waals surface area contributed by atoms with Gasteiger partial charge in [0, 0.05) is 50.9 Å². The summed E-state index contributed by atoms with van der Waals surface area (Å²) in [6.07, 6.45) is 2.56. The van der Waals surface area contributed by atoms with Crippen LogP contribution < -0.4 is 10.5 Å². The van der Waals surface area contributed by atoms with Crippen molar-refractivity contribution in [2.24, 2.45) is 7.05 Å². The van der Waals surface area contributed by atoms with E-state index in [2.05, 4.69) is 26.0 Å². The third kappa shape index (κ3) is 5.17. The fourth-order valence-electron chi connectivity index (χ4n) is 3.63. The Morgan fingerprint density at radius 1 is 1.19 bits per heavy atom. The number of para-hydroxylation sites is 1. The van der Waals surface area contributed by atoms with Gasteiger partial charge in [-0.3, -0.25) is 9.58 Å². The van der Waals surface area contributed by atoms with Crippen LogP contribution >= 0.6 is 0 Å². The molecule has 0 aliphatic carbocycles. The molecule has 9 heteroatoms. The van der Waals surface area contributed by atoms with Gasteiger partial charge in [0.25, 0.3) is 0 Å². The Balaban J connectivity index is 1.53. The van der Waals surface area contributed by atoms with E-state index in [1.807, 2.05) is 37.5 Å². The predicted molar refractivity (Wildman–Crippen MR) is 115 cm³/mol. The van der Waals surface area contributed by atoms with Crippen molar-refractivity contribution in [2.45, 2.75) is 6.42 Å². The van der Waals surface area contributed by atoms with Crippen LogP contribution in [0.25, 0.3) is 11.4 Å². The Labute approximate surface area is 181 Å². The molecule has 0 bridgehead atoms. The van der Waals surface area contributed by atoms with E-state index in [-0.39, 0.29) is 11.6 Å². The summed E-state index contributed by atoms with van der Waals surface area (Å²) >= 11 is 0. The van der Waals surface area contributed by atoms with Crippen LogP contribution in [-0.4, -0.2) is 64.1 Å². The molecular weight excluding hydrogens is 394 g/mol. The minimum Gasteiger partial charge on any atom is -0.492 e. The number of nitrogen functional groups attached to an aromatic ring is 1. The van der Waals surface area contributed by atoms with Gasteiger partial charge in [-0.1, -0.05) is 18.2 Å². The normalized spacial score (nSPS) is 14.3. The molecule has 31 heavy (non-hydrogen) atoms. The van der Waals surface area contributed by atoms with Crippen LogP contribution in [0, 0.1) is 11.3 Å². The fourth-order valence-corrected chi connectivity index (χ4v) is 3.63. The fraction of sp³-hybridized carbons (Fsp3) is 0.364. The van der Waals surface area contributed by atoms with Crippen molar-refractivity contribution in [1.82, 2.24) is 24.6 Å². The van der Waals surface area contributed by atoms with Crippen molar-refractivity contribution in [3.05, 3.63) is 53.3 Å². The lowest BCUT2D eigenvalue weighted by atomic mass is 10.0. The predicted octanol–water partition coefficient (Wildman–Crippen LogP) is 1.63. The largest absolute Gasteiger partial charge is 0.492 e. The van der Waals surface area contributed by atoms with Gasteiger partial charge in [0.2, 0.25) is 5.95 Å². The average Bonchev–Trinajstić information content (AvgIpc) is 3.15. The Morgan fingerprint density at radius 2 is 2.00 bits per heavy atom. The zero-order chi connectivity index (χ0) is 21.6. The number of aryl methyl sites for hydroxylation is 1. The van der Waals surface area contributed by atoms with Crippen LogP contribution in [0.1, 0.15) is 16.8 Å². The molecule has 0 spiro atoms. The third-order valence-corrected chi connectivity index (χ3v) is 5.13. The lowest BCUT2D eigenvalue weighted by Crippen LogP contribution is -2.38. The molecular formula is C22H25N7O2. The molecule has 1 aliphatic rings. The van der Waals surface area contributed by atoms with E-state index < -0.39 is 0 Å². The number of nitriles is 1. The number of benzene rings is 1. The molecule has 2 aromatic heterocycles. The molecule has 3 aromatic rings. The average molecular weight is 419 g/mol. The molecule has 9 nitrogen and oxygen atoms in total. The van der Waals surface area contributed by atoms with E-state index in [0.717, 1.165) is 49.7 Å². The second-order valence-electron chi connectivity index (χ2n) is 7.37. The number of anilines is 1. The summed E-state index contributed by atoms with van der Waals surface area (Å²) in [6.45, 7) is 4.92. The minimum atomic E-state index is 0.0532. The highest BCUT2D eigenvalue weighted by Crippen LogP contribution is 2.27. The summed E-state index contributed by atoms with van der Waals surface area (Å²) in [4.78, 5) is 10.6. The van der Waals surface area contributed by atoms with Gasteiger partial charge in [-0.15, -0.1) is 0 Å². The standard InChI is InChI=1S/C22H25N7O2/c1-28-15-17(21(27-28)19-13-18(14-23)25-22(24)26-19)12-16-4-2-3-5-20(16)31-11-8-29-6-9-30-10-7-29/h2-5,13,15H,6-12H2,1H3,(H2,24,25,26). The molecule has 0 atom stereocenters. The maximum atomic E-state index is 9.21. The van der Waals surface area contributed by atoms with Crippen molar-refractivity contribution in [3.63, 3.8) is 0 Å². The number of hydrogen-bond acceptors (Lipinski definition) is 8. The number of morpholine rings is 1. The molecule has 0 amide bonds. The number of nitrogens with zero attached hydrogens (tertiary/aromatic N) is 6. The van der Waals surface area contributed by atoms with Gasteiger partial charge >= 0.3 is 0 Å². The van der Waals surface area contributed by atoms with Gasteiger partial charge < -0.3 is 15.2 Å². The van der Waals surface area contributed by atoms with E-state index in [9.17, 15) is 5.26 Å². The van der Waals surface area contributed by atoms with E-state index in [0.29, 0.717) is 24.4 Å². The van der Waals surface area contributed by atoms with Crippen LogP contribution in [0.3, 0.4) is 0 Å². The van der Waals surface area contributed by atoms with Gasteiger partial charge in [-0.05, 0) is 11.6 Å². The van der Waals surface area contributed by atoms with E-state index in [4.69, 9.17) is 15.2 Å². The quantitative estimate of drug-likeness (QED) is 0.614. The van der Waals surface area contributed by atoms with Gasteiger partial charge in [0.1, 0.15) is 29.8 Å². The van der Waals surface area contributed by atoms with Crippen LogP contribution in [0.5, 0.6) is 5.75 Å². The number of hydrogen-bond donors (Lipinski definition) is 1. The highest BCUT2D eigenvalue weighted by Gasteiger charge is 2.16. The molecule has 4 rings (SSSR count). The van der Waals surface area contributed by atoms with Crippen molar-refractivity contribution >= 4 is 5.95 Å². The van der Waals surface area contributed by atoms with E-state index >= 15 is 0 Å². The maximum Gasteiger partial charge on any atom is 0.221 e. The molecule has 3 heterocycles. The lowest BCUT2D eigenvalue weighted by Gasteiger charge is -2.26. The van der Waals surface area contributed by atoms with Gasteiger partial charge in [-0.25, -0.2) is 9.97 Å². The highest BCUT2D eigenvalue weighted by molar-refractivity contribution is 5.62. The smallest absolute Gasteiger partial charge is 0.221 e. The topological polar surface area (TPSA) is 115 Å². The first kappa shape index (κ1) is 20.8. The van der Waals surface area contributed by atoms with Crippen molar-refractivity contribution < 1.29 is 9.47 Å². The SMILES string of the molecule is Cn1cc(Cc2ccccc2OCCN2CCOCC2)c(-c2cc(C#N)nc(N)n2)n1. The van der Waals surface area contributed by atoms with Crippen LogP contribution in [-0.2, 0) is 18.2 Å². The first-order valence-electron chi connectivity index (χ1n) is 10.2. The molecule has 1 aliphatic heterocycles. The maximum absolute atomic E-state index is 9.21. The number of nitrogens with two attached hydrogens (primary N) is 1. The van der Waals surface area contributed by atoms with Crippen molar-refractivity contribution in [1.29, 1.82) is 5.26 Å². The highest BCUT2D eigenvalue weighted by atomic mass is 16.5. The molecule has 1 fully saturated rings. The lowest BCUT2D eigenvalue weighted by molar-refractivity contribution is 0.0322. The Kier molecular flexibility index (Phi) is 6.40. The third-order valence-electron chi connectivity index (χ3n) is 5.13. The Bertz CT molecular complexity index is 1080. The summed E-state index contributed by atoms with van der Waals surface area (Å²) < 4.78 is 13.3. The summed E-state index contributed by atoms with van der Waals surface area (Å²) in [7, 11) is 1.85. The number of ether oxygens (including phenoxy) is 2. The Hall–Kier alpha value is -3.48. The van der Waals surface area contributed by atoms with Crippen molar-refractivity contribution in [3.8, 4) is 23.2 Å². The molecule has 0 unspecified atom stereocenters. The minimum absolute atomic E-state index is 0.0532. The second kappa shape index (κ2) is 9.55. The summed E-state index contributed by atoms with van der Waals surface area (Å²) in [5, 5.41) is 13.8. The summed E-state index contributed by atoms with van der Waals surface area (Å²) in [5.41, 5.74) is 9.23. The van der Waals surface area contributed by atoms with Crippen LogP contribution in [0.4, 0.5) is 5.95 Å². The molecule has 0 saturated carbocycles. The second-order valence-corrected chi connectivity index (χ2v) is 7.37. The molecule has 1 aromatic carbocycles. The van der Waals surface area contributed by atoms with E-state index in [1.165, 1.54) is 0 Å². The van der Waals surface area contributed by atoms with Gasteiger partial charge in [0.05, 0.1) is 18.9 Å². The van der Waals surface area contributed by atoms with Gasteiger partial charge in [-0.2, -0.15) is 10.4 Å². The van der Waals surface area contributed by atoms with Crippen molar-refractivity contribution in [2.75, 3.05) is 45.2 Å². The monoisotopic (exact) mass is 419 g/mol. The molecule has 1 saturated heterocycles. The molecule has 0 radical (unpaired) electrons. The van der Waals surface area contributed by atoms with Crippen LogP contribution in [0.2, 0.25) is 0 Å². The Morgan fingerprint density at radius 3 is 2.81 bits per heavy atom. The first-order valence-corrected chi connectivity index (χ1v) is 10.2. The van der Waals surface area contributed by atoms with Gasteiger partial charge in [0.15, 0.2) is 0 Å². The number of rotatable bonds is 7. The summed E-state index contributed by atoms with van der Waals surface area (Å²) in [6, 6.07) is 11.6. The van der Waals surface area contributed by atoms with Crippen LogP contribution in [0.15, 0.2) is 36.5 Å². The van der Waals surface area contributed by atoms with E-state index in [1.54, 1.807) is 10.7 Å². The first-order chi connectivity index (χ1) is 15.1. The molecule has 160 valence electrons. The number of aromatic nitrogens is 4. The molecule has 2 N–H and O–H groups in total. The zero-order valence-electron chi connectivity index (χ0n) is 17.5. The zero-order valence-corrected chi connectivity index (χ0v) is 17.5. The summed E-state index contributed by atoms with van der Waals surface area (Å²) in [5.74, 6) is 0.906.